The highest BCUT2D eigenvalue weighted by atomic mass is 32.2. The first-order valence-corrected chi connectivity index (χ1v) is 4.19. The van der Waals surface area contributed by atoms with Crippen LogP contribution in [0.5, 0.6) is 0 Å². The van der Waals surface area contributed by atoms with Crippen LogP contribution in [-0.4, -0.2) is 26.0 Å². The third kappa shape index (κ3) is 16800. The second-order valence-corrected chi connectivity index (χ2v) is 3.45. The summed E-state index contributed by atoms with van der Waals surface area (Å²) in [6, 6.07) is 0. The molecule has 0 saturated heterocycles. The molecule has 58 valence electrons. The molecule has 0 aliphatic carbocycles. The van der Waals surface area contributed by atoms with Crippen LogP contribution in [0.4, 0.5) is 17.3 Å². The minimum Gasteiger partial charge on any atom is -0.418 e. The molecule has 0 aliphatic heterocycles. The van der Waals surface area contributed by atoms with Crippen LogP contribution < -0.4 is 0 Å². The van der Waals surface area contributed by atoms with Gasteiger partial charge in [0.15, 0.2) is 0 Å². The van der Waals surface area contributed by atoms with Crippen molar-refractivity contribution in [2.45, 2.75) is 0 Å². The zero-order chi connectivity index (χ0) is 8.78. The Balaban J connectivity index is 0. The monoisotopic (exact) mass is 165 g/mol. The Labute approximate surface area is 56.5 Å². The van der Waals surface area contributed by atoms with Crippen molar-refractivity contribution in [3.63, 3.8) is 0 Å². The molecular formula is C3H9BF4S. The lowest BCUT2D eigenvalue weighted by atomic mass is 10.3. The SMILES string of the molecule is F[B-](F)(F)F.[2H]C[S+](C)C. The quantitative estimate of drug-likeness (QED) is 0.291. The van der Waals surface area contributed by atoms with Gasteiger partial charge < -0.3 is 17.3 Å². The summed E-state index contributed by atoms with van der Waals surface area (Å²) in [6.07, 6.45) is 4.71. The average molecular weight is 165 g/mol. The van der Waals surface area contributed by atoms with E-state index in [4.69, 9.17) is 1.37 Å². The van der Waals surface area contributed by atoms with Gasteiger partial charge in [-0.1, -0.05) is 0 Å². The van der Waals surface area contributed by atoms with Gasteiger partial charge in [-0.15, -0.1) is 0 Å². The molecular weight excluding hydrogens is 155 g/mol. The lowest BCUT2D eigenvalue weighted by molar-refractivity contribution is 0.368. The van der Waals surface area contributed by atoms with Crippen LogP contribution >= 0.6 is 0 Å². The molecule has 0 bridgehead atoms. The largest absolute Gasteiger partial charge is 0.673 e. The summed E-state index contributed by atoms with van der Waals surface area (Å²) in [5, 5.41) is 0. The smallest absolute Gasteiger partial charge is 0.418 e. The highest BCUT2D eigenvalue weighted by Crippen LogP contribution is 2.06. The van der Waals surface area contributed by atoms with Crippen LogP contribution in [0.2, 0.25) is 0 Å². The van der Waals surface area contributed by atoms with Crippen molar-refractivity contribution in [2.24, 2.45) is 0 Å². The molecule has 0 heterocycles. The normalized spacial score (nSPS) is 12.1. The predicted octanol–water partition coefficient (Wildman–Crippen LogP) is 1.79. The first-order chi connectivity index (χ1) is 4.27. The minimum atomic E-state index is -6.00. The fourth-order valence-corrected chi connectivity index (χ4v) is 0. The standard InChI is InChI=1S/C3H9S.BF4/c1-4(2)3;2-1(3,4)5/h1-3H3;/q+1;-1/i1D;. The Morgan fingerprint density at radius 3 is 1.33 bits per heavy atom. The Bertz CT molecular complexity index is 69.4. The summed E-state index contributed by atoms with van der Waals surface area (Å²) in [4.78, 5) is 0. The zero-order valence-corrected chi connectivity index (χ0v) is 6.02. The van der Waals surface area contributed by atoms with E-state index in [-0.39, 0.29) is 0 Å². The fourth-order valence-electron chi connectivity index (χ4n) is 0. The van der Waals surface area contributed by atoms with Gasteiger partial charge >= 0.3 is 7.25 Å². The molecule has 0 fully saturated rings. The van der Waals surface area contributed by atoms with Crippen LogP contribution in [0.1, 0.15) is 1.37 Å². The summed E-state index contributed by atoms with van der Waals surface area (Å²) in [7, 11) is -5.66. The van der Waals surface area contributed by atoms with Crippen molar-refractivity contribution in [1.29, 1.82) is 0 Å². The number of hydrogen-bond acceptors (Lipinski definition) is 0. The van der Waals surface area contributed by atoms with Gasteiger partial charge in [0, 0.05) is 0 Å². The van der Waals surface area contributed by atoms with Gasteiger partial charge in [0.25, 0.3) is 0 Å². The van der Waals surface area contributed by atoms with Crippen molar-refractivity contribution < 1.29 is 18.6 Å². The predicted molar refractivity (Wildman–Crippen MR) is 35.3 cm³/mol. The van der Waals surface area contributed by atoms with Crippen LogP contribution in [0, 0.1) is 0 Å². The molecule has 6 heteroatoms. The van der Waals surface area contributed by atoms with E-state index in [1.54, 1.807) is 0 Å². The lowest BCUT2D eigenvalue weighted by Gasteiger charge is -1.94. The van der Waals surface area contributed by atoms with E-state index in [2.05, 4.69) is 12.5 Å². The Kier molecular flexibility index (Phi) is 5.04. The van der Waals surface area contributed by atoms with E-state index >= 15 is 0 Å². The van der Waals surface area contributed by atoms with E-state index in [0.717, 1.165) is 0 Å². The van der Waals surface area contributed by atoms with E-state index in [1.807, 2.05) is 0 Å². The van der Waals surface area contributed by atoms with Gasteiger partial charge in [-0.3, -0.25) is 0 Å². The molecule has 0 radical (unpaired) electrons. The zero-order valence-electron chi connectivity index (χ0n) is 6.20. The molecule has 0 aromatic heterocycles. The van der Waals surface area contributed by atoms with E-state index in [9.17, 15) is 17.3 Å². The minimum absolute atomic E-state index is 0.344. The Hall–Kier alpha value is 0.135. The molecule has 0 N–H and O–H groups in total. The first-order valence-electron chi connectivity index (χ1n) is 2.69. The first kappa shape index (κ1) is 9.13. The average Bonchev–Trinajstić information content (AvgIpc) is 1.61. The van der Waals surface area contributed by atoms with Crippen molar-refractivity contribution in [1.82, 2.24) is 0 Å². The van der Waals surface area contributed by atoms with Gasteiger partial charge in [-0.25, -0.2) is 0 Å². The summed E-state index contributed by atoms with van der Waals surface area (Å²) in [5.41, 5.74) is 0. The van der Waals surface area contributed by atoms with Crippen molar-refractivity contribution in [3.05, 3.63) is 0 Å². The maximum atomic E-state index is 9.75. The highest BCUT2D eigenvalue weighted by molar-refractivity contribution is 7.94. The molecule has 0 unspecified atom stereocenters. The second kappa shape index (κ2) is 4.96. The molecule has 0 spiro atoms. The molecule has 0 amide bonds. The Morgan fingerprint density at radius 1 is 1.22 bits per heavy atom. The van der Waals surface area contributed by atoms with Gasteiger partial charge in [-0.2, -0.15) is 0 Å². The molecule has 0 aliphatic rings. The van der Waals surface area contributed by atoms with Crippen LogP contribution in [0.25, 0.3) is 0 Å². The molecule has 9 heavy (non-hydrogen) atoms. The van der Waals surface area contributed by atoms with Crippen LogP contribution in [-0.2, 0) is 10.9 Å². The van der Waals surface area contributed by atoms with E-state index in [1.165, 1.54) is 0 Å². The maximum Gasteiger partial charge on any atom is 0.673 e. The van der Waals surface area contributed by atoms with E-state index < -0.39 is 7.25 Å². The van der Waals surface area contributed by atoms with Gasteiger partial charge in [0.1, 0.15) is 0 Å². The third-order valence-corrected chi connectivity index (χ3v) is 0. The molecule has 0 rings (SSSR count). The van der Waals surface area contributed by atoms with Gasteiger partial charge in [0.2, 0.25) is 0 Å². The van der Waals surface area contributed by atoms with Gasteiger partial charge in [-0.05, 0) is 10.9 Å². The fraction of sp³-hybridized carbons (Fsp3) is 1.00. The molecule has 0 aromatic carbocycles. The summed E-state index contributed by atoms with van der Waals surface area (Å²) in [5.74, 6) is 0. The molecule has 0 nitrogen and oxygen atoms in total. The molecule has 0 atom stereocenters. The topological polar surface area (TPSA) is 0 Å². The summed E-state index contributed by atoms with van der Waals surface area (Å²) < 4.78 is 45.7. The number of halogens is 4. The highest BCUT2D eigenvalue weighted by Gasteiger charge is 2.20. The van der Waals surface area contributed by atoms with Crippen LogP contribution in [0.3, 0.4) is 0 Å². The van der Waals surface area contributed by atoms with Crippen molar-refractivity contribution >= 4 is 18.1 Å². The number of hydrogen-bond donors (Lipinski definition) is 0. The van der Waals surface area contributed by atoms with Crippen molar-refractivity contribution in [3.8, 4) is 0 Å². The molecule has 0 saturated carbocycles. The van der Waals surface area contributed by atoms with Crippen molar-refractivity contribution in [2.75, 3.05) is 18.7 Å². The maximum absolute atomic E-state index is 9.75. The summed E-state index contributed by atoms with van der Waals surface area (Å²) >= 11 is 0. The number of rotatable bonds is 0. The molecule has 0 aromatic rings. The second-order valence-electron chi connectivity index (χ2n) is 1.48. The summed E-state index contributed by atoms with van der Waals surface area (Å²) in [6.45, 7) is 0. The Morgan fingerprint density at radius 2 is 1.33 bits per heavy atom. The van der Waals surface area contributed by atoms with Crippen LogP contribution in [0.15, 0.2) is 0 Å². The van der Waals surface area contributed by atoms with Gasteiger partial charge in [0.05, 0.1) is 20.1 Å². The third-order valence-electron chi connectivity index (χ3n) is 0. The lowest BCUT2D eigenvalue weighted by Crippen LogP contribution is -2.02. The van der Waals surface area contributed by atoms with E-state index in [0.29, 0.717) is 17.1 Å².